The Morgan fingerprint density at radius 3 is 2.30 bits per heavy atom. The molecular formula is C20H29O6P. The third-order valence-electron chi connectivity index (χ3n) is 4.98. The van der Waals surface area contributed by atoms with Gasteiger partial charge >= 0.3 is 7.60 Å². The molecule has 1 aromatic rings. The van der Waals surface area contributed by atoms with Crippen molar-refractivity contribution < 1.29 is 27.9 Å². The summed E-state index contributed by atoms with van der Waals surface area (Å²) in [6.45, 7) is 3.10. The molecule has 1 aliphatic carbocycles. The van der Waals surface area contributed by atoms with Crippen molar-refractivity contribution in [2.75, 3.05) is 21.3 Å². The monoisotopic (exact) mass is 396 g/mol. The lowest BCUT2D eigenvalue weighted by atomic mass is 10.1. The van der Waals surface area contributed by atoms with E-state index in [0.717, 1.165) is 18.4 Å². The van der Waals surface area contributed by atoms with Gasteiger partial charge in [0.1, 0.15) is 5.16 Å². The van der Waals surface area contributed by atoms with Crippen molar-refractivity contribution in [3.8, 4) is 11.5 Å². The van der Waals surface area contributed by atoms with E-state index in [1.165, 1.54) is 33.1 Å². The maximum absolute atomic E-state index is 12.6. The fourth-order valence-corrected chi connectivity index (χ4v) is 4.52. The normalized spacial score (nSPS) is 16.0. The minimum absolute atomic E-state index is 0.202. The van der Waals surface area contributed by atoms with Crippen LogP contribution in [0.4, 0.5) is 0 Å². The molecule has 1 saturated carbocycles. The van der Waals surface area contributed by atoms with E-state index >= 15 is 0 Å². The number of methoxy groups -OCH3 is 1. The molecule has 0 aliphatic heterocycles. The second-order valence-electron chi connectivity index (χ2n) is 7.05. The summed E-state index contributed by atoms with van der Waals surface area (Å²) >= 11 is 0. The van der Waals surface area contributed by atoms with Gasteiger partial charge in [-0.15, -0.1) is 0 Å². The van der Waals surface area contributed by atoms with Gasteiger partial charge in [0.15, 0.2) is 17.3 Å². The zero-order valence-corrected chi connectivity index (χ0v) is 17.6. The first-order valence-electron chi connectivity index (χ1n) is 9.06. The van der Waals surface area contributed by atoms with Crippen LogP contribution < -0.4 is 9.47 Å². The van der Waals surface area contributed by atoms with Crippen molar-refractivity contribution in [3.05, 3.63) is 29.8 Å². The summed E-state index contributed by atoms with van der Waals surface area (Å²) in [5, 5.41) is -1.29. The number of benzene rings is 1. The molecule has 0 radical (unpaired) electrons. The summed E-state index contributed by atoms with van der Waals surface area (Å²) < 4.78 is 34.1. The Morgan fingerprint density at radius 2 is 1.74 bits per heavy atom. The highest BCUT2D eigenvalue weighted by Crippen LogP contribution is 2.59. The van der Waals surface area contributed by atoms with Gasteiger partial charge in [-0.05, 0) is 63.3 Å². The van der Waals surface area contributed by atoms with Crippen molar-refractivity contribution in [1.82, 2.24) is 0 Å². The van der Waals surface area contributed by atoms with Crippen LogP contribution in [0.25, 0.3) is 6.08 Å². The molecule has 150 valence electrons. The first-order valence-corrected chi connectivity index (χ1v) is 10.6. The van der Waals surface area contributed by atoms with Crippen LogP contribution in [0.2, 0.25) is 0 Å². The van der Waals surface area contributed by atoms with Crippen LogP contribution in [0.3, 0.4) is 0 Å². The number of ether oxygens (including phenoxy) is 2. The third-order valence-corrected chi connectivity index (χ3v) is 7.53. The van der Waals surface area contributed by atoms with Crippen LogP contribution in [-0.2, 0) is 18.4 Å². The van der Waals surface area contributed by atoms with Crippen LogP contribution in [0.5, 0.6) is 11.5 Å². The summed E-state index contributed by atoms with van der Waals surface area (Å²) in [6.07, 6.45) is 7.70. The molecule has 0 amide bonds. The van der Waals surface area contributed by atoms with Gasteiger partial charge in [0.2, 0.25) is 0 Å². The molecule has 0 unspecified atom stereocenters. The largest absolute Gasteiger partial charge is 0.493 e. The predicted octanol–water partition coefficient (Wildman–Crippen LogP) is 4.86. The number of hydrogen-bond acceptors (Lipinski definition) is 6. The van der Waals surface area contributed by atoms with Crippen LogP contribution in [0.15, 0.2) is 24.3 Å². The smallest absolute Gasteiger partial charge is 0.343 e. The van der Waals surface area contributed by atoms with E-state index in [0.29, 0.717) is 11.5 Å². The average molecular weight is 396 g/mol. The second-order valence-corrected chi connectivity index (χ2v) is 9.90. The van der Waals surface area contributed by atoms with Crippen molar-refractivity contribution in [1.29, 1.82) is 0 Å². The van der Waals surface area contributed by atoms with Gasteiger partial charge in [0.05, 0.1) is 13.2 Å². The molecule has 1 aliphatic rings. The SMILES string of the molecule is COc1ccc(C=CC(=O)C(C)(C)P(=O)(OC)OC)cc1OC1CCCC1. The van der Waals surface area contributed by atoms with Gasteiger partial charge in [0.25, 0.3) is 0 Å². The van der Waals surface area contributed by atoms with Gasteiger partial charge < -0.3 is 18.5 Å². The summed E-state index contributed by atoms with van der Waals surface area (Å²) in [5.74, 6) is 0.982. The highest BCUT2D eigenvalue weighted by molar-refractivity contribution is 7.56. The Balaban J connectivity index is 2.20. The number of ketones is 1. The highest BCUT2D eigenvalue weighted by Gasteiger charge is 2.46. The lowest BCUT2D eigenvalue weighted by Gasteiger charge is -2.28. The van der Waals surface area contributed by atoms with Gasteiger partial charge in [-0.2, -0.15) is 0 Å². The van der Waals surface area contributed by atoms with Crippen LogP contribution in [0, 0.1) is 0 Å². The molecule has 6 nitrogen and oxygen atoms in total. The first-order chi connectivity index (χ1) is 12.8. The quantitative estimate of drug-likeness (QED) is 0.438. The zero-order valence-electron chi connectivity index (χ0n) is 16.7. The lowest BCUT2D eigenvalue weighted by molar-refractivity contribution is -0.116. The molecule has 27 heavy (non-hydrogen) atoms. The number of carbonyl (C=O) groups excluding carboxylic acids is 1. The van der Waals surface area contributed by atoms with Crippen LogP contribution in [0.1, 0.15) is 45.1 Å². The van der Waals surface area contributed by atoms with E-state index in [1.54, 1.807) is 27.0 Å². The molecule has 7 heteroatoms. The minimum atomic E-state index is -3.55. The summed E-state index contributed by atoms with van der Waals surface area (Å²) in [5.41, 5.74) is 0.789. The first kappa shape index (κ1) is 21.7. The fraction of sp³-hybridized carbons (Fsp3) is 0.550. The summed E-state index contributed by atoms with van der Waals surface area (Å²) in [7, 11) is 0.607. The van der Waals surface area contributed by atoms with Crippen LogP contribution >= 0.6 is 7.60 Å². The Morgan fingerprint density at radius 1 is 1.11 bits per heavy atom. The fourth-order valence-electron chi connectivity index (χ4n) is 3.12. The standard InChI is InChI=1S/C20H29O6P/c1-20(2,27(22,24-4)25-5)19(21)13-11-15-10-12-17(23-3)18(14-15)26-16-8-6-7-9-16/h10-14,16H,6-9H2,1-5H3. The molecule has 1 fully saturated rings. The Hall–Kier alpha value is -1.62. The summed E-state index contributed by atoms with van der Waals surface area (Å²) in [6, 6.07) is 5.50. The molecule has 0 N–H and O–H groups in total. The molecule has 1 aromatic carbocycles. The van der Waals surface area contributed by atoms with E-state index < -0.39 is 12.8 Å². The average Bonchev–Trinajstić information content (AvgIpc) is 3.18. The zero-order chi connectivity index (χ0) is 20.1. The Kier molecular flexibility index (Phi) is 7.26. The predicted molar refractivity (Wildman–Crippen MR) is 106 cm³/mol. The molecule has 0 atom stereocenters. The van der Waals surface area contributed by atoms with E-state index in [4.69, 9.17) is 18.5 Å². The number of rotatable bonds is 9. The number of hydrogen-bond donors (Lipinski definition) is 0. The second kappa shape index (κ2) is 9.05. The molecule has 0 aromatic heterocycles. The summed E-state index contributed by atoms with van der Waals surface area (Å²) in [4.78, 5) is 12.6. The highest BCUT2D eigenvalue weighted by atomic mass is 31.2. The molecule has 0 spiro atoms. The lowest BCUT2D eigenvalue weighted by Crippen LogP contribution is -2.31. The molecule has 0 saturated heterocycles. The van der Waals surface area contributed by atoms with Gasteiger partial charge in [-0.25, -0.2) is 0 Å². The van der Waals surface area contributed by atoms with Gasteiger partial charge in [-0.3, -0.25) is 9.36 Å². The van der Waals surface area contributed by atoms with Crippen LogP contribution in [-0.4, -0.2) is 38.4 Å². The van der Waals surface area contributed by atoms with Crippen molar-refractivity contribution >= 4 is 19.5 Å². The third kappa shape index (κ3) is 4.81. The maximum Gasteiger partial charge on any atom is 0.343 e. The van der Waals surface area contributed by atoms with E-state index in [1.807, 2.05) is 18.2 Å². The molecule has 0 bridgehead atoms. The number of carbonyl (C=O) groups is 1. The Bertz CT molecular complexity index is 726. The van der Waals surface area contributed by atoms with E-state index in [-0.39, 0.29) is 11.9 Å². The van der Waals surface area contributed by atoms with Crippen molar-refractivity contribution in [2.45, 2.75) is 50.8 Å². The maximum atomic E-state index is 12.6. The van der Waals surface area contributed by atoms with Crippen molar-refractivity contribution in [2.24, 2.45) is 0 Å². The van der Waals surface area contributed by atoms with Gasteiger partial charge in [-0.1, -0.05) is 12.1 Å². The van der Waals surface area contributed by atoms with Crippen molar-refractivity contribution in [3.63, 3.8) is 0 Å². The molecule has 0 heterocycles. The number of allylic oxidation sites excluding steroid dienone is 1. The Labute approximate surface area is 161 Å². The minimum Gasteiger partial charge on any atom is -0.493 e. The molecular weight excluding hydrogens is 367 g/mol. The van der Waals surface area contributed by atoms with E-state index in [9.17, 15) is 9.36 Å². The topological polar surface area (TPSA) is 71.1 Å². The molecule has 2 rings (SSSR count). The van der Waals surface area contributed by atoms with Gasteiger partial charge in [0, 0.05) is 14.2 Å². The van der Waals surface area contributed by atoms with E-state index in [2.05, 4.69) is 0 Å².